The molecule has 128 valence electrons. The average Bonchev–Trinajstić information content (AvgIpc) is 3.23. The maximum atomic E-state index is 12.7. The van der Waals surface area contributed by atoms with Crippen LogP contribution in [0.1, 0.15) is 49.7 Å². The van der Waals surface area contributed by atoms with Crippen molar-refractivity contribution >= 4 is 11.6 Å². The van der Waals surface area contributed by atoms with Gasteiger partial charge in [-0.15, -0.1) is 0 Å². The van der Waals surface area contributed by atoms with Crippen molar-refractivity contribution < 1.29 is 4.79 Å². The summed E-state index contributed by atoms with van der Waals surface area (Å²) in [7, 11) is 0. The van der Waals surface area contributed by atoms with E-state index in [0.29, 0.717) is 11.8 Å². The highest BCUT2D eigenvalue weighted by molar-refractivity contribution is 5.95. The number of fused-ring (bicyclic) bond motifs is 1. The van der Waals surface area contributed by atoms with Crippen LogP contribution in [0, 0.1) is 31.6 Å². The molecule has 0 aromatic heterocycles. The van der Waals surface area contributed by atoms with E-state index in [1.54, 1.807) is 0 Å². The van der Waals surface area contributed by atoms with E-state index in [-0.39, 0.29) is 11.8 Å². The number of hydrogen-bond donors (Lipinski definition) is 1. The molecule has 2 heteroatoms. The molecule has 2 unspecified atom stereocenters. The smallest absolute Gasteiger partial charge is 0.228 e. The van der Waals surface area contributed by atoms with E-state index in [4.69, 9.17) is 0 Å². The molecule has 0 saturated heterocycles. The van der Waals surface area contributed by atoms with Crippen LogP contribution in [0.3, 0.4) is 0 Å². The van der Waals surface area contributed by atoms with Crippen LogP contribution < -0.4 is 5.32 Å². The molecule has 0 heterocycles. The van der Waals surface area contributed by atoms with Gasteiger partial charge in [-0.2, -0.15) is 0 Å². The molecule has 1 N–H and O–H groups in total. The van der Waals surface area contributed by atoms with Crippen LogP contribution in [0.5, 0.6) is 0 Å². The Bertz CT molecular complexity index is 619. The Balaban J connectivity index is 1.62. The third kappa shape index (κ3) is 4.17. The fraction of sp³-hybridized carbons (Fsp3) is 0.500. The SMILES string of the molecule is Cc1ccc(NC(=O)C2C3CCC=CCCC=CCCC32)cc1C. The molecule has 0 spiro atoms. The first-order chi connectivity index (χ1) is 11.7. The van der Waals surface area contributed by atoms with E-state index >= 15 is 0 Å². The normalized spacial score (nSPS) is 26.8. The summed E-state index contributed by atoms with van der Waals surface area (Å²) in [5.41, 5.74) is 3.43. The lowest BCUT2D eigenvalue weighted by Crippen LogP contribution is -2.15. The monoisotopic (exact) mass is 323 g/mol. The summed E-state index contributed by atoms with van der Waals surface area (Å²) in [6.45, 7) is 4.19. The van der Waals surface area contributed by atoms with Crippen LogP contribution in [-0.2, 0) is 4.79 Å². The Hall–Kier alpha value is -1.83. The van der Waals surface area contributed by atoms with Crippen molar-refractivity contribution in [3.05, 3.63) is 53.6 Å². The summed E-state index contributed by atoms with van der Waals surface area (Å²) in [6, 6.07) is 6.17. The summed E-state index contributed by atoms with van der Waals surface area (Å²) < 4.78 is 0. The molecule has 0 radical (unpaired) electrons. The minimum absolute atomic E-state index is 0.203. The van der Waals surface area contributed by atoms with Crippen LogP contribution in [0.2, 0.25) is 0 Å². The zero-order valence-corrected chi connectivity index (χ0v) is 14.9. The molecule has 1 amide bonds. The first kappa shape index (κ1) is 17.0. The predicted molar refractivity (Wildman–Crippen MR) is 101 cm³/mol. The number of anilines is 1. The topological polar surface area (TPSA) is 29.1 Å². The number of benzene rings is 1. The van der Waals surface area contributed by atoms with E-state index in [2.05, 4.69) is 55.6 Å². The highest BCUT2D eigenvalue weighted by Gasteiger charge is 2.52. The van der Waals surface area contributed by atoms with E-state index in [9.17, 15) is 4.79 Å². The third-order valence-electron chi connectivity index (χ3n) is 5.58. The van der Waals surface area contributed by atoms with Gasteiger partial charge >= 0.3 is 0 Å². The van der Waals surface area contributed by atoms with Crippen molar-refractivity contribution in [1.82, 2.24) is 0 Å². The predicted octanol–water partition coefficient (Wildman–Crippen LogP) is 5.57. The highest BCUT2D eigenvalue weighted by Crippen LogP contribution is 2.52. The number of rotatable bonds is 2. The zero-order valence-electron chi connectivity index (χ0n) is 14.9. The second-order valence-electron chi connectivity index (χ2n) is 7.32. The number of carbonyl (C=O) groups excluding carboxylic acids is 1. The Morgan fingerprint density at radius 1 is 0.875 bits per heavy atom. The molecule has 1 aromatic carbocycles. The molecule has 24 heavy (non-hydrogen) atoms. The van der Waals surface area contributed by atoms with Gasteiger partial charge in [-0.25, -0.2) is 0 Å². The molecular formula is C22H29NO. The van der Waals surface area contributed by atoms with Crippen molar-refractivity contribution in [2.45, 2.75) is 52.4 Å². The van der Waals surface area contributed by atoms with E-state index < -0.39 is 0 Å². The molecule has 2 aliphatic rings. The molecule has 2 atom stereocenters. The van der Waals surface area contributed by atoms with Crippen LogP contribution in [0.25, 0.3) is 0 Å². The van der Waals surface area contributed by atoms with Gasteiger partial charge in [0.15, 0.2) is 0 Å². The van der Waals surface area contributed by atoms with Gasteiger partial charge < -0.3 is 5.32 Å². The third-order valence-corrected chi connectivity index (χ3v) is 5.58. The number of nitrogens with one attached hydrogen (secondary N) is 1. The van der Waals surface area contributed by atoms with Gasteiger partial charge in [0.25, 0.3) is 0 Å². The van der Waals surface area contributed by atoms with Gasteiger partial charge in [0, 0.05) is 11.6 Å². The Labute approximate surface area is 146 Å². The van der Waals surface area contributed by atoms with Gasteiger partial charge in [0.05, 0.1) is 0 Å². The lowest BCUT2D eigenvalue weighted by molar-refractivity contribution is -0.117. The maximum absolute atomic E-state index is 12.7. The quantitative estimate of drug-likeness (QED) is 0.708. The van der Waals surface area contributed by atoms with Crippen molar-refractivity contribution in [3.63, 3.8) is 0 Å². The standard InChI is InChI=1S/C22H29NO/c1-16-13-14-18(15-17(16)2)23-22(24)21-19-11-9-7-5-3-4-6-8-10-12-20(19)21/h5-8,13-15,19-21H,3-4,9-12H2,1-2H3,(H,23,24). The molecule has 3 rings (SSSR count). The summed E-state index contributed by atoms with van der Waals surface area (Å²) in [5.74, 6) is 1.55. The lowest BCUT2D eigenvalue weighted by Gasteiger charge is -2.07. The fourth-order valence-corrected chi connectivity index (χ4v) is 3.91. The first-order valence-electron chi connectivity index (χ1n) is 9.35. The second-order valence-corrected chi connectivity index (χ2v) is 7.32. The molecule has 1 aromatic rings. The summed E-state index contributed by atoms with van der Waals surface area (Å²) in [6.07, 6.45) is 16.0. The highest BCUT2D eigenvalue weighted by atomic mass is 16.2. The van der Waals surface area contributed by atoms with Crippen LogP contribution in [0.4, 0.5) is 5.69 Å². The molecule has 1 fully saturated rings. The largest absolute Gasteiger partial charge is 0.326 e. The van der Waals surface area contributed by atoms with Gasteiger partial charge in [0.2, 0.25) is 5.91 Å². The molecule has 0 bridgehead atoms. The number of amides is 1. The van der Waals surface area contributed by atoms with Crippen LogP contribution in [0.15, 0.2) is 42.5 Å². The van der Waals surface area contributed by atoms with Crippen LogP contribution >= 0.6 is 0 Å². The minimum atomic E-state index is 0.203. The average molecular weight is 323 g/mol. The molecular weight excluding hydrogens is 294 g/mol. The van der Waals surface area contributed by atoms with Gasteiger partial charge in [0.1, 0.15) is 0 Å². The van der Waals surface area contributed by atoms with Gasteiger partial charge in [-0.05, 0) is 87.5 Å². The summed E-state index contributed by atoms with van der Waals surface area (Å²) >= 11 is 0. The number of carbonyl (C=O) groups is 1. The molecule has 2 nitrogen and oxygen atoms in total. The Kier molecular flexibility index (Phi) is 5.55. The second kappa shape index (κ2) is 7.83. The van der Waals surface area contributed by atoms with Gasteiger partial charge in [-0.3, -0.25) is 4.79 Å². The van der Waals surface area contributed by atoms with E-state index in [0.717, 1.165) is 44.2 Å². The first-order valence-corrected chi connectivity index (χ1v) is 9.35. The lowest BCUT2D eigenvalue weighted by atomic mass is 10.1. The van der Waals surface area contributed by atoms with Gasteiger partial charge in [-0.1, -0.05) is 30.4 Å². The van der Waals surface area contributed by atoms with Crippen molar-refractivity contribution in [2.75, 3.05) is 5.32 Å². The summed E-state index contributed by atoms with van der Waals surface area (Å²) in [5, 5.41) is 3.15. The molecule has 1 saturated carbocycles. The zero-order chi connectivity index (χ0) is 16.9. The minimum Gasteiger partial charge on any atom is -0.326 e. The molecule has 2 aliphatic carbocycles. The fourth-order valence-electron chi connectivity index (χ4n) is 3.91. The van der Waals surface area contributed by atoms with E-state index in [1.807, 2.05) is 6.07 Å². The van der Waals surface area contributed by atoms with Crippen molar-refractivity contribution in [3.8, 4) is 0 Å². The van der Waals surface area contributed by atoms with Crippen molar-refractivity contribution in [2.24, 2.45) is 17.8 Å². The number of allylic oxidation sites excluding steroid dienone is 4. The number of aryl methyl sites for hydroxylation is 2. The molecule has 0 aliphatic heterocycles. The number of hydrogen-bond acceptors (Lipinski definition) is 1. The Morgan fingerprint density at radius 3 is 2.04 bits per heavy atom. The summed E-state index contributed by atoms with van der Waals surface area (Å²) in [4.78, 5) is 12.7. The van der Waals surface area contributed by atoms with Crippen LogP contribution in [-0.4, -0.2) is 5.91 Å². The van der Waals surface area contributed by atoms with E-state index in [1.165, 1.54) is 11.1 Å². The van der Waals surface area contributed by atoms with Crippen molar-refractivity contribution in [1.29, 1.82) is 0 Å². The maximum Gasteiger partial charge on any atom is 0.228 e. The Morgan fingerprint density at radius 2 is 1.46 bits per heavy atom.